The Bertz CT molecular complexity index is 1600. The molecular weight excluding hydrogens is 538 g/mol. The number of rotatable bonds is 6. The van der Waals surface area contributed by atoms with Gasteiger partial charge in [0.05, 0.1) is 0 Å². The van der Waals surface area contributed by atoms with E-state index in [9.17, 15) is 14.4 Å². The number of aliphatic imine (C=N–C) groups is 1. The molecule has 2 unspecified atom stereocenters. The van der Waals surface area contributed by atoms with E-state index in [0.29, 0.717) is 44.3 Å². The molecule has 0 bridgehead atoms. The lowest BCUT2D eigenvalue weighted by Crippen LogP contribution is -2.51. The van der Waals surface area contributed by atoms with E-state index in [1.165, 1.54) is 0 Å². The average Bonchev–Trinajstić information content (AvgIpc) is 3.71. The highest BCUT2D eigenvalue weighted by molar-refractivity contribution is 6.15. The zero-order valence-electron chi connectivity index (χ0n) is 25.0. The summed E-state index contributed by atoms with van der Waals surface area (Å²) >= 11 is 0. The number of pyridine rings is 1. The number of carbonyl (C=O) groups excluding carboxylic acids is 3. The zero-order valence-corrected chi connectivity index (χ0v) is 25.0. The van der Waals surface area contributed by atoms with Gasteiger partial charge in [-0.1, -0.05) is 43.3 Å². The number of aromatic nitrogens is 1. The fraction of sp³-hybridized carbons (Fsp3) is 0.457. The number of likely N-dealkylation sites (tertiary alicyclic amines) is 2. The van der Waals surface area contributed by atoms with E-state index in [2.05, 4.69) is 54.4 Å². The number of benzene rings is 2. The number of amides is 3. The largest absolute Gasteiger partial charge is 0.343 e. The van der Waals surface area contributed by atoms with Crippen LogP contribution in [0, 0.1) is 17.8 Å². The van der Waals surface area contributed by atoms with Gasteiger partial charge in [-0.25, -0.2) is 0 Å². The summed E-state index contributed by atoms with van der Waals surface area (Å²) in [6.45, 7) is 7.05. The van der Waals surface area contributed by atoms with Crippen LogP contribution in [0.5, 0.6) is 0 Å². The topological polar surface area (TPSA) is 86.2 Å². The van der Waals surface area contributed by atoms with Crippen molar-refractivity contribution in [1.82, 2.24) is 19.7 Å². The predicted octanol–water partition coefficient (Wildman–Crippen LogP) is 4.77. The Morgan fingerprint density at radius 3 is 2.35 bits per heavy atom. The third-order valence-corrected chi connectivity index (χ3v) is 10.1. The SMILES string of the molecule is CC(=O)N1CCC2(CC1)N=C(c1ccc(-c3ccc4cnccc4c3)cc1)N(CC(C)C1CCN(C(=O)C3CC3)C1)C2=O. The normalized spacial score (nSPS) is 22.4. The number of piperidine rings is 1. The van der Waals surface area contributed by atoms with Crippen LogP contribution in [0.4, 0.5) is 0 Å². The number of nitrogens with zero attached hydrogens (tertiary/aromatic N) is 5. The Balaban J connectivity index is 1.14. The van der Waals surface area contributed by atoms with Crippen LogP contribution in [0.3, 0.4) is 0 Å². The molecule has 2 atom stereocenters. The molecule has 3 amide bonds. The summed E-state index contributed by atoms with van der Waals surface area (Å²) < 4.78 is 0. The molecule has 0 radical (unpaired) electrons. The summed E-state index contributed by atoms with van der Waals surface area (Å²) in [5, 5.41) is 2.25. The minimum Gasteiger partial charge on any atom is -0.343 e. The maximum Gasteiger partial charge on any atom is 0.256 e. The molecule has 1 aromatic heterocycles. The molecule has 3 aliphatic heterocycles. The lowest BCUT2D eigenvalue weighted by molar-refractivity contribution is -0.137. The number of hydrogen-bond acceptors (Lipinski definition) is 5. The van der Waals surface area contributed by atoms with E-state index in [1.54, 1.807) is 6.92 Å². The van der Waals surface area contributed by atoms with Gasteiger partial charge in [0.25, 0.3) is 5.91 Å². The van der Waals surface area contributed by atoms with Crippen LogP contribution in [-0.4, -0.2) is 81.5 Å². The first-order valence-corrected chi connectivity index (χ1v) is 15.7. The summed E-state index contributed by atoms with van der Waals surface area (Å²) in [6.07, 6.45) is 7.79. The van der Waals surface area contributed by atoms with E-state index >= 15 is 0 Å². The zero-order chi connectivity index (χ0) is 29.7. The molecule has 1 saturated carbocycles. The Morgan fingerprint density at radius 1 is 0.907 bits per heavy atom. The molecule has 8 nitrogen and oxygen atoms in total. The van der Waals surface area contributed by atoms with Crippen molar-refractivity contribution in [1.29, 1.82) is 0 Å². The van der Waals surface area contributed by atoms with Gasteiger partial charge in [0.2, 0.25) is 11.8 Å². The molecule has 222 valence electrons. The van der Waals surface area contributed by atoms with Crippen molar-refractivity contribution in [2.75, 3.05) is 32.7 Å². The van der Waals surface area contributed by atoms with Gasteiger partial charge in [0.1, 0.15) is 11.4 Å². The van der Waals surface area contributed by atoms with Crippen molar-refractivity contribution in [3.8, 4) is 11.1 Å². The van der Waals surface area contributed by atoms with Gasteiger partial charge in [-0.3, -0.25) is 29.3 Å². The molecule has 2 saturated heterocycles. The maximum absolute atomic E-state index is 14.2. The molecule has 2 aromatic carbocycles. The summed E-state index contributed by atoms with van der Waals surface area (Å²) in [7, 11) is 0. The van der Waals surface area contributed by atoms with E-state index in [0.717, 1.165) is 65.7 Å². The minimum atomic E-state index is -0.824. The number of fused-ring (bicyclic) bond motifs is 1. The molecular formula is C35H39N5O3. The van der Waals surface area contributed by atoms with E-state index in [4.69, 9.17) is 4.99 Å². The fourth-order valence-corrected chi connectivity index (χ4v) is 7.12. The molecule has 4 aliphatic rings. The first-order chi connectivity index (χ1) is 20.8. The second kappa shape index (κ2) is 10.9. The average molecular weight is 578 g/mol. The van der Waals surface area contributed by atoms with Gasteiger partial charge < -0.3 is 9.80 Å². The standard InChI is InChI=1S/C35H39N5O3/c1-23(31-12-16-39(22-31)33(42)27-7-8-27)21-40-32(37-35(34(40)43)13-17-38(18-14-35)24(2)41)26-5-3-25(4-6-26)28-9-10-30-20-36-15-11-29(30)19-28/h3-6,9-11,15,19-20,23,27,31H,7-8,12-14,16-18,21-22H2,1-2H3. The molecule has 0 N–H and O–H groups in total. The fourth-order valence-electron chi connectivity index (χ4n) is 7.12. The summed E-state index contributed by atoms with van der Waals surface area (Å²) in [6, 6.07) is 16.8. The smallest absolute Gasteiger partial charge is 0.256 e. The Labute approximate surface area is 252 Å². The highest BCUT2D eigenvalue weighted by atomic mass is 16.2. The van der Waals surface area contributed by atoms with Crippen molar-refractivity contribution in [3.05, 3.63) is 66.5 Å². The summed E-state index contributed by atoms with van der Waals surface area (Å²) in [5.74, 6) is 1.96. The monoisotopic (exact) mass is 577 g/mol. The number of amidine groups is 1. The van der Waals surface area contributed by atoms with Gasteiger partial charge in [0.15, 0.2) is 0 Å². The molecule has 7 rings (SSSR count). The molecule has 3 aromatic rings. The van der Waals surface area contributed by atoms with Crippen LogP contribution in [0.15, 0.2) is 65.9 Å². The Kier molecular flexibility index (Phi) is 7.02. The quantitative estimate of drug-likeness (QED) is 0.423. The van der Waals surface area contributed by atoms with Crippen LogP contribution < -0.4 is 0 Å². The second-order valence-electron chi connectivity index (χ2n) is 13.0. The lowest BCUT2D eigenvalue weighted by Gasteiger charge is -2.36. The minimum absolute atomic E-state index is 0.0436. The summed E-state index contributed by atoms with van der Waals surface area (Å²) in [4.78, 5) is 54.1. The Hall–Kier alpha value is -4.07. The van der Waals surface area contributed by atoms with Gasteiger partial charge in [-0.05, 0) is 72.6 Å². The van der Waals surface area contributed by atoms with Crippen LogP contribution in [0.25, 0.3) is 21.9 Å². The third-order valence-electron chi connectivity index (χ3n) is 10.1. The lowest BCUT2D eigenvalue weighted by atomic mass is 9.87. The van der Waals surface area contributed by atoms with Crippen LogP contribution in [-0.2, 0) is 14.4 Å². The predicted molar refractivity (Wildman–Crippen MR) is 166 cm³/mol. The number of hydrogen-bond donors (Lipinski definition) is 0. The second-order valence-corrected chi connectivity index (χ2v) is 13.0. The molecule has 1 aliphatic carbocycles. The molecule has 1 spiro atoms. The van der Waals surface area contributed by atoms with E-state index in [-0.39, 0.29) is 23.7 Å². The van der Waals surface area contributed by atoms with Crippen molar-refractivity contribution in [2.45, 2.75) is 51.5 Å². The van der Waals surface area contributed by atoms with Crippen LogP contribution in [0.1, 0.15) is 51.5 Å². The van der Waals surface area contributed by atoms with E-state index < -0.39 is 5.54 Å². The van der Waals surface area contributed by atoms with Crippen molar-refractivity contribution < 1.29 is 14.4 Å². The molecule has 3 fully saturated rings. The van der Waals surface area contributed by atoms with Crippen LogP contribution >= 0.6 is 0 Å². The van der Waals surface area contributed by atoms with Crippen molar-refractivity contribution >= 4 is 34.3 Å². The van der Waals surface area contributed by atoms with E-state index in [1.807, 2.05) is 33.2 Å². The third kappa shape index (κ3) is 5.21. The van der Waals surface area contributed by atoms with Crippen molar-refractivity contribution in [3.63, 3.8) is 0 Å². The molecule has 8 heteroatoms. The van der Waals surface area contributed by atoms with Gasteiger partial charge in [0, 0.05) is 68.9 Å². The summed E-state index contributed by atoms with van der Waals surface area (Å²) in [5.41, 5.74) is 2.33. The first kappa shape index (κ1) is 27.7. The first-order valence-electron chi connectivity index (χ1n) is 15.7. The highest BCUT2D eigenvalue weighted by Gasteiger charge is 2.51. The number of carbonyl (C=O) groups is 3. The molecule has 43 heavy (non-hydrogen) atoms. The van der Waals surface area contributed by atoms with Crippen LogP contribution in [0.2, 0.25) is 0 Å². The van der Waals surface area contributed by atoms with Crippen molar-refractivity contribution in [2.24, 2.45) is 22.7 Å². The Morgan fingerprint density at radius 2 is 1.63 bits per heavy atom. The van der Waals surface area contributed by atoms with Gasteiger partial charge >= 0.3 is 0 Å². The van der Waals surface area contributed by atoms with Gasteiger partial charge in [-0.2, -0.15) is 0 Å². The van der Waals surface area contributed by atoms with Gasteiger partial charge in [-0.15, -0.1) is 0 Å². The molecule has 4 heterocycles. The highest BCUT2D eigenvalue weighted by Crippen LogP contribution is 2.38. The maximum atomic E-state index is 14.2.